The predicted octanol–water partition coefficient (Wildman–Crippen LogP) is 9.08. The Balaban J connectivity index is -0.000000808. The summed E-state index contributed by atoms with van der Waals surface area (Å²) in [6, 6.07) is 6.19. The summed E-state index contributed by atoms with van der Waals surface area (Å²) in [7, 11) is 2.19. The van der Waals surface area contributed by atoms with Crippen LogP contribution in [-0.4, -0.2) is 240 Å². The lowest BCUT2D eigenvalue weighted by atomic mass is 10.1. The van der Waals surface area contributed by atoms with Crippen LogP contribution >= 0.6 is 0 Å². The van der Waals surface area contributed by atoms with E-state index in [-0.39, 0.29) is 58.3 Å². The summed E-state index contributed by atoms with van der Waals surface area (Å²) in [6.07, 6.45) is 1.87. The predicted molar refractivity (Wildman–Crippen MR) is 313 cm³/mol. The number of piperazine rings is 5. The van der Waals surface area contributed by atoms with Crippen molar-refractivity contribution in [3.8, 4) is 0 Å². The van der Waals surface area contributed by atoms with E-state index in [1.807, 2.05) is 29.0 Å². The van der Waals surface area contributed by atoms with E-state index in [0.717, 1.165) is 84.4 Å². The van der Waals surface area contributed by atoms with Gasteiger partial charge in [0.1, 0.15) is 5.82 Å². The molecular weight excluding hydrogens is 885 g/mol. The maximum Gasteiger partial charge on any atom is 0.317 e. The lowest BCUT2D eigenvalue weighted by molar-refractivity contribution is -0.131. The monoisotopic (exact) mass is 1010 g/mol. The summed E-state index contributed by atoms with van der Waals surface area (Å²) in [5, 5.41) is 2.84. The second-order valence-corrected chi connectivity index (χ2v) is 24.0. The summed E-state index contributed by atoms with van der Waals surface area (Å²) in [4.78, 5) is 50.6. The molecule has 6 heterocycles. The van der Waals surface area contributed by atoms with Crippen LogP contribution < -0.4 is 10.2 Å². The van der Waals surface area contributed by atoms with Gasteiger partial charge in [0.05, 0.1) is 0 Å². The number of carbonyl (C=O) groups is 2. The molecule has 0 atom stereocenters. The number of anilines is 1. The smallest absolute Gasteiger partial charge is 0.317 e. The molecule has 0 saturated carbocycles. The van der Waals surface area contributed by atoms with Crippen molar-refractivity contribution in [2.24, 2.45) is 0 Å². The van der Waals surface area contributed by atoms with E-state index in [9.17, 15) is 9.59 Å². The Hall–Kier alpha value is -2.59. The van der Waals surface area contributed by atoms with E-state index in [1.54, 1.807) is 6.92 Å². The van der Waals surface area contributed by atoms with E-state index >= 15 is 0 Å². The zero-order valence-electron chi connectivity index (χ0n) is 47.1. The summed E-state index contributed by atoms with van der Waals surface area (Å²) < 4.78 is 0. The Kier molecular flexibility index (Phi) is 34.1. The molecule has 5 aliphatic rings. The highest BCUT2D eigenvalue weighted by atomic mass is 16.2. The number of carbonyl (C=O) groups excluding carboxylic acids is 2. The summed E-state index contributed by atoms with van der Waals surface area (Å²) >= 11 is 0. The topological polar surface area (TPSA) is 91.5 Å². The highest BCUT2D eigenvalue weighted by Crippen LogP contribution is 2.20. The number of nitrogens with one attached hydrogen (secondary N) is 1. The molecule has 5 saturated heterocycles. The van der Waals surface area contributed by atoms with Crippen molar-refractivity contribution < 1.29 is 9.59 Å². The number of urea groups is 1. The first-order valence-corrected chi connectivity index (χ1v) is 26.1. The van der Waals surface area contributed by atoms with Crippen molar-refractivity contribution in [2.75, 3.05) is 156 Å². The largest absolute Gasteiger partial charge is 0.354 e. The zero-order chi connectivity index (χ0) is 50.8. The van der Waals surface area contributed by atoms with Gasteiger partial charge in [-0.05, 0) is 137 Å². The standard InChI is InChI=1S/C13H21N3.C11H23N3O.C10H20N2O.C10H22N2.C9H20N2.4CH4/c1-13(2,3)16-10-8-15(9-11-16)12-6-4-5-7-14-12;1-5-12-10(15)13-6-8-14(9-7-13)11(2,3)4;1-9(13)11-5-7-12(8-6-11)10(2,3)4;1-5-11-6-8-12(9-7-11)10(2,3)4;1-9(2,3)11-7-5-10(4)6-8-11;;;;/h4-7H,8-11H2,1-3H3;5-9H2,1-4H3,(H,12,15);5-8H2,1-4H3;5-9H2,1-4H3;5-8H2,1-4H3;4*1H4. The molecule has 0 aliphatic carbocycles. The molecule has 3 amide bonds. The quantitative estimate of drug-likeness (QED) is 0.315. The molecule has 0 spiro atoms. The first-order chi connectivity index (χ1) is 31.0. The normalized spacial score (nSPS) is 19.6. The fourth-order valence-electron chi connectivity index (χ4n) is 8.89. The Morgan fingerprint density at radius 1 is 0.479 bits per heavy atom. The van der Waals surface area contributed by atoms with Gasteiger partial charge < -0.3 is 29.8 Å². The molecule has 1 aromatic rings. The van der Waals surface area contributed by atoms with Gasteiger partial charge in [-0.3, -0.25) is 29.3 Å². The first-order valence-electron chi connectivity index (χ1n) is 26.1. The number of amides is 3. The highest BCUT2D eigenvalue weighted by molar-refractivity contribution is 5.74. The first kappa shape index (κ1) is 72.7. The minimum Gasteiger partial charge on any atom is -0.354 e. The minimum atomic E-state index is 0. The molecule has 422 valence electrons. The van der Waals surface area contributed by atoms with Crippen LogP contribution in [0, 0.1) is 0 Å². The third-order valence-electron chi connectivity index (χ3n) is 13.9. The van der Waals surface area contributed by atoms with Gasteiger partial charge in [0.15, 0.2) is 0 Å². The molecule has 14 nitrogen and oxygen atoms in total. The van der Waals surface area contributed by atoms with Gasteiger partial charge in [-0.1, -0.05) is 42.7 Å². The molecule has 0 aromatic carbocycles. The Labute approximate surface area is 442 Å². The molecular formula is C57H122N12O2. The van der Waals surface area contributed by atoms with E-state index in [1.165, 1.54) is 58.9 Å². The van der Waals surface area contributed by atoms with Crippen LogP contribution in [-0.2, 0) is 4.79 Å². The summed E-state index contributed by atoms with van der Waals surface area (Å²) in [5.41, 5.74) is 1.47. The third kappa shape index (κ3) is 27.5. The molecule has 5 aliphatic heterocycles. The van der Waals surface area contributed by atoms with Crippen LogP contribution in [0.2, 0.25) is 0 Å². The molecule has 0 radical (unpaired) electrons. The highest BCUT2D eigenvalue weighted by Gasteiger charge is 2.30. The number of likely N-dealkylation sites (N-methyl/N-ethyl adjacent to an activating group) is 2. The van der Waals surface area contributed by atoms with Crippen LogP contribution in [0.5, 0.6) is 0 Å². The van der Waals surface area contributed by atoms with Crippen molar-refractivity contribution in [2.45, 2.75) is 182 Å². The van der Waals surface area contributed by atoms with Crippen molar-refractivity contribution in [1.82, 2.24) is 54.4 Å². The number of hydrogen-bond acceptors (Lipinski definition) is 11. The maximum absolute atomic E-state index is 11.6. The molecule has 0 unspecified atom stereocenters. The Morgan fingerprint density at radius 3 is 1.10 bits per heavy atom. The van der Waals surface area contributed by atoms with Crippen LogP contribution in [0.4, 0.5) is 10.6 Å². The van der Waals surface area contributed by atoms with Gasteiger partial charge in [0.25, 0.3) is 0 Å². The van der Waals surface area contributed by atoms with Gasteiger partial charge >= 0.3 is 6.03 Å². The van der Waals surface area contributed by atoms with Crippen molar-refractivity contribution in [1.29, 1.82) is 0 Å². The van der Waals surface area contributed by atoms with Gasteiger partial charge in [-0.25, -0.2) is 9.78 Å². The molecule has 0 bridgehead atoms. The van der Waals surface area contributed by atoms with Crippen LogP contribution in [0.3, 0.4) is 0 Å². The van der Waals surface area contributed by atoms with E-state index in [0.29, 0.717) is 17.6 Å². The van der Waals surface area contributed by atoms with Gasteiger partial charge in [0, 0.05) is 178 Å². The second kappa shape index (κ2) is 33.4. The number of pyridine rings is 1. The molecule has 1 aromatic heterocycles. The minimum absolute atomic E-state index is 0. The molecule has 71 heavy (non-hydrogen) atoms. The van der Waals surface area contributed by atoms with Gasteiger partial charge in [-0.2, -0.15) is 0 Å². The van der Waals surface area contributed by atoms with E-state index < -0.39 is 0 Å². The number of nitrogens with zero attached hydrogens (tertiary/aromatic N) is 11. The summed E-state index contributed by atoms with van der Waals surface area (Å²) in [6.45, 7) is 63.3. The number of hydrogen-bond donors (Lipinski definition) is 1. The molecule has 6 rings (SSSR count). The van der Waals surface area contributed by atoms with Crippen LogP contribution in [0.1, 0.15) is 154 Å². The lowest BCUT2D eigenvalue weighted by Gasteiger charge is -2.42. The van der Waals surface area contributed by atoms with Crippen molar-refractivity contribution in [3.63, 3.8) is 0 Å². The van der Waals surface area contributed by atoms with Gasteiger partial charge in [-0.15, -0.1) is 0 Å². The van der Waals surface area contributed by atoms with Crippen molar-refractivity contribution in [3.05, 3.63) is 24.4 Å². The Morgan fingerprint density at radius 2 is 0.803 bits per heavy atom. The average molecular weight is 1010 g/mol. The average Bonchev–Trinajstić information content (AvgIpc) is 3.26. The number of aromatic nitrogens is 1. The lowest BCUT2D eigenvalue weighted by Crippen LogP contribution is -2.56. The SMILES string of the molecule is C.C.C.C.CC(=O)N1CCN(C(C)(C)C)CC1.CC(C)(C)N1CCN(c2ccccn2)CC1.CCN1CCN(C(C)(C)C)CC1.CCNC(=O)N1CCN(C(C)(C)C)CC1.CN1CCN(C(C)(C)C)CC1. The van der Waals surface area contributed by atoms with E-state index in [4.69, 9.17) is 0 Å². The maximum atomic E-state index is 11.6. The van der Waals surface area contributed by atoms with Crippen LogP contribution in [0.15, 0.2) is 24.4 Å². The van der Waals surface area contributed by atoms with Crippen LogP contribution in [0.25, 0.3) is 0 Å². The molecule has 1 N–H and O–H groups in total. The van der Waals surface area contributed by atoms with Crippen molar-refractivity contribution >= 4 is 17.8 Å². The van der Waals surface area contributed by atoms with E-state index in [2.05, 4.69) is 179 Å². The third-order valence-corrected chi connectivity index (χ3v) is 13.9. The second-order valence-electron chi connectivity index (χ2n) is 24.0. The fraction of sp³-hybridized carbons (Fsp3) is 0.877. The van der Waals surface area contributed by atoms with Gasteiger partial charge in [0.2, 0.25) is 5.91 Å². The Bertz CT molecular complexity index is 1490. The fourth-order valence-corrected chi connectivity index (χ4v) is 8.89. The number of rotatable bonds is 3. The molecule has 14 heteroatoms. The zero-order valence-corrected chi connectivity index (χ0v) is 47.1. The summed E-state index contributed by atoms with van der Waals surface area (Å²) in [5.74, 6) is 1.31. The molecule has 5 fully saturated rings.